The van der Waals surface area contributed by atoms with Gasteiger partial charge in [-0.05, 0) is 24.6 Å². The number of benzene rings is 1. The van der Waals surface area contributed by atoms with E-state index in [1.807, 2.05) is 18.2 Å². The molecule has 1 aromatic rings. The smallest absolute Gasteiger partial charge is 0.0426 e. The van der Waals surface area contributed by atoms with E-state index >= 15 is 0 Å². The second kappa shape index (κ2) is 8.46. The molecule has 0 bridgehead atoms. The molecule has 16 heavy (non-hydrogen) atoms. The van der Waals surface area contributed by atoms with Crippen LogP contribution in [0.1, 0.15) is 45.4 Å². The highest BCUT2D eigenvalue weighted by Crippen LogP contribution is 2.15. The molecular weight excluding hydrogens is 218 g/mol. The lowest BCUT2D eigenvalue weighted by Crippen LogP contribution is -2.00. The normalized spacial score (nSPS) is 10.4. The minimum Gasteiger partial charge on any atom is -0.385 e. The quantitative estimate of drug-likeness (QED) is 0.622. The van der Waals surface area contributed by atoms with Crippen LogP contribution >= 0.6 is 11.6 Å². The van der Waals surface area contributed by atoms with E-state index in [1.165, 1.54) is 38.5 Å². The molecule has 0 aliphatic carbocycles. The van der Waals surface area contributed by atoms with Crippen LogP contribution in [0.3, 0.4) is 0 Å². The van der Waals surface area contributed by atoms with E-state index in [0.29, 0.717) is 0 Å². The fraction of sp³-hybridized carbons (Fsp3) is 0.571. The summed E-state index contributed by atoms with van der Waals surface area (Å²) in [5.41, 5.74) is 1.13. The Morgan fingerprint density at radius 1 is 1.06 bits per heavy atom. The third kappa shape index (κ3) is 6.02. The van der Waals surface area contributed by atoms with Gasteiger partial charge in [0.2, 0.25) is 0 Å². The summed E-state index contributed by atoms with van der Waals surface area (Å²) in [4.78, 5) is 0. The molecule has 0 fully saturated rings. The average molecular weight is 240 g/mol. The summed E-state index contributed by atoms with van der Waals surface area (Å²) in [6, 6.07) is 7.91. The van der Waals surface area contributed by atoms with Gasteiger partial charge in [0.15, 0.2) is 0 Å². The van der Waals surface area contributed by atoms with E-state index in [0.717, 1.165) is 17.3 Å². The predicted octanol–water partition coefficient (Wildman–Crippen LogP) is 5.11. The van der Waals surface area contributed by atoms with Crippen LogP contribution in [0, 0.1) is 0 Å². The first kappa shape index (κ1) is 13.4. The molecule has 0 radical (unpaired) electrons. The average Bonchev–Trinajstić information content (AvgIpc) is 2.28. The lowest BCUT2D eigenvalue weighted by molar-refractivity contribution is 0.617. The Labute approximate surface area is 104 Å². The number of hydrogen-bond acceptors (Lipinski definition) is 1. The Hall–Kier alpha value is -0.690. The van der Waals surface area contributed by atoms with Crippen molar-refractivity contribution >= 4 is 17.3 Å². The molecule has 0 unspecified atom stereocenters. The van der Waals surface area contributed by atoms with Crippen molar-refractivity contribution in [3.05, 3.63) is 29.3 Å². The van der Waals surface area contributed by atoms with Gasteiger partial charge in [0.1, 0.15) is 0 Å². The zero-order valence-electron chi connectivity index (χ0n) is 10.1. The second-order valence-corrected chi connectivity index (χ2v) is 4.64. The van der Waals surface area contributed by atoms with Crippen molar-refractivity contribution in [1.29, 1.82) is 0 Å². The van der Waals surface area contributed by atoms with E-state index in [9.17, 15) is 0 Å². The van der Waals surface area contributed by atoms with Crippen LogP contribution in [0.4, 0.5) is 5.69 Å². The number of halogens is 1. The largest absolute Gasteiger partial charge is 0.385 e. The van der Waals surface area contributed by atoms with Gasteiger partial charge in [-0.3, -0.25) is 0 Å². The van der Waals surface area contributed by atoms with Crippen molar-refractivity contribution in [3.63, 3.8) is 0 Å². The molecule has 0 spiro atoms. The summed E-state index contributed by atoms with van der Waals surface area (Å²) in [7, 11) is 0. The monoisotopic (exact) mass is 239 g/mol. The molecule has 0 aliphatic rings. The number of anilines is 1. The van der Waals surface area contributed by atoms with Crippen LogP contribution in [0.2, 0.25) is 5.02 Å². The Morgan fingerprint density at radius 3 is 2.56 bits per heavy atom. The molecule has 1 nitrogen and oxygen atoms in total. The fourth-order valence-corrected chi connectivity index (χ4v) is 1.93. The maximum absolute atomic E-state index is 5.90. The van der Waals surface area contributed by atoms with E-state index in [1.54, 1.807) is 0 Å². The van der Waals surface area contributed by atoms with Crippen LogP contribution in [-0.2, 0) is 0 Å². The zero-order chi connectivity index (χ0) is 11.6. The number of nitrogens with one attached hydrogen (secondary N) is 1. The van der Waals surface area contributed by atoms with Crippen molar-refractivity contribution in [2.75, 3.05) is 11.9 Å². The summed E-state index contributed by atoms with van der Waals surface area (Å²) in [6.07, 6.45) is 8.02. The molecule has 0 heterocycles. The van der Waals surface area contributed by atoms with Gasteiger partial charge >= 0.3 is 0 Å². The molecule has 1 rings (SSSR count). The van der Waals surface area contributed by atoms with E-state index in [4.69, 9.17) is 11.6 Å². The summed E-state index contributed by atoms with van der Waals surface area (Å²) in [6.45, 7) is 3.30. The van der Waals surface area contributed by atoms with Crippen LogP contribution in [0.5, 0.6) is 0 Å². The van der Waals surface area contributed by atoms with Gasteiger partial charge in [-0.25, -0.2) is 0 Å². The lowest BCUT2D eigenvalue weighted by atomic mass is 10.1. The predicted molar refractivity (Wildman–Crippen MR) is 73.3 cm³/mol. The summed E-state index contributed by atoms with van der Waals surface area (Å²) in [5, 5.41) is 4.19. The topological polar surface area (TPSA) is 12.0 Å². The number of rotatable bonds is 8. The van der Waals surface area contributed by atoms with Crippen molar-refractivity contribution < 1.29 is 0 Å². The minimum absolute atomic E-state index is 0.799. The minimum atomic E-state index is 0.799. The summed E-state index contributed by atoms with van der Waals surface area (Å²) < 4.78 is 0. The van der Waals surface area contributed by atoms with Crippen LogP contribution < -0.4 is 5.32 Å². The Kier molecular flexibility index (Phi) is 7.07. The highest BCUT2D eigenvalue weighted by molar-refractivity contribution is 6.30. The standard InChI is InChI=1S/C14H22ClN/c1-2-3-4-5-6-7-11-16-14-10-8-9-13(15)12-14/h8-10,12,16H,2-7,11H2,1H3. The van der Waals surface area contributed by atoms with Gasteiger partial charge in [0, 0.05) is 17.3 Å². The zero-order valence-corrected chi connectivity index (χ0v) is 10.9. The Morgan fingerprint density at radius 2 is 1.81 bits per heavy atom. The van der Waals surface area contributed by atoms with Crippen LogP contribution in [0.15, 0.2) is 24.3 Å². The highest BCUT2D eigenvalue weighted by Gasteiger charge is 1.93. The summed E-state index contributed by atoms with van der Waals surface area (Å²) in [5.74, 6) is 0. The van der Waals surface area contributed by atoms with Crippen molar-refractivity contribution in [2.24, 2.45) is 0 Å². The molecule has 0 amide bonds. The Balaban J connectivity index is 2.03. The molecule has 90 valence electrons. The van der Waals surface area contributed by atoms with E-state index in [-0.39, 0.29) is 0 Å². The van der Waals surface area contributed by atoms with E-state index < -0.39 is 0 Å². The van der Waals surface area contributed by atoms with Crippen LogP contribution in [0.25, 0.3) is 0 Å². The molecule has 1 N–H and O–H groups in total. The third-order valence-electron chi connectivity index (χ3n) is 2.68. The van der Waals surface area contributed by atoms with Crippen molar-refractivity contribution in [3.8, 4) is 0 Å². The van der Waals surface area contributed by atoms with Gasteiger partial charge in [0.05, 0.1) is 0 Å². The first-order valence-corrected chi connectivity index (χ1v) is 6.70. The molecule has 0 aliphatic heterocycles. The van der Waals surface area contributed by atoms with Gasteiger partial charge in [-0.15, -0.1) is 0 Å². The molecule has 0 saturated heterocycles. The number of hydrogen-bond donors (Lipinski definition) is 1. The molecule has 1 aromatic carbocycles. The Bertz CT molecular complexity index is 286. The van der Waals surface area contributed by atoms with Gasteiger partial charge in [-0.1, -0.05) is 56.7 Å². The third-order valence-corrected chi connectivity index (χ3v) is 2.92. The SMILES string of the molecule is CCCCCCCCNc1cccc(Cl)c1. The second-order valence-electron chi connectivity index (χ2n) is 4.20. The molecule has 0 aromatic heterocycles. The van der Waals surface area contributed by atoms with Gasteiger partial charge < -0.3 is 5.32 Å². The molecule has 0 atom stereocenters. The lowest BCUT2D eigenvalue weighted by Gasteiger charge is -2.06. The maximum Gasteiger partial charge on any atom is 0.0426 e. The van der Waals surface area contributed by atoms with Gasteiger partial charge in [-0.2, -0.15) is 0 Å². The first-order chi connectivity index (χ1) is 7.83. The first-order valence-electron chi connectivity index (χ1n) is 6.32. The van der Waals surface area contributed by atoms with Crippen molar-refractivity contribution in [1.82, 2.24) is 0 Å². The van der Waals surface area contributed by atoms with Gasteiger partial charge in [0.25, 0.3) is 0 Å². The van der Waals surface area contributed by atoms with Crippen molar-refractivity contribution in [2.45, 2.75) is 45.4 Å². The van der Waals surface area contributed by atoms with Crippen LogP contribution in [-0.4, -0.2) is 6.54 Å². The van der Waals surface area contributed by atoms with E-state index in [2.05, 4.69) is 18.3 Å². The molecular formula is C14H22ClN. The maximum atomic E-state index is 5.90. The summed E-state index contributed by atoms with van der Waals surface area (Å²) >= 11 is 5.90. The molecule has 2 heteroatoms. The molecule has 0 saturated carbocycles. The highest BCUT2D eigenvalue weighted by atomic mass is 35.5. The fourth-order valence-electron chi connectivity index (χ4n) is 1.74. The number of unbranched alkanes of at least 4 members (excludes halogenated alkanes) is 5.